The van der Waals surface area contributed by atoms with E-state index in [2.05, 4.69) is 30.2 Å². The summed E-state index contributed by atoms with van der Waals surface area (Å²) in [5.74, 6) is 0.982. The first kappa shape index (κ1) is 19.7. The fourth-order valence-corrected chi connectivity index (χ4v) is 5.04. The molecule has 1 saturated heterocycles. The van der Waals surface area contributed by atoms with Crippen LogP contribution in [0.25, 0.3) is 10.9 Å². The average molecular weight is 418 g/mol. The van der Waals surface area contributed by atoms with Crippen molar-refractivity contribution in [1.29, 1.82) is 0 Å². The van der Waals surface area contributed by atoms with Gasteiger partial charge in [-0.25, -0.2) is 0 Å². The summed E-state index contributed by atoms with van der Waals surface area (Å²) in [5.41, 5.74) is 4.10. The third-order valence-corrected chi connectivity index (χ3v) is 6.44. The lowest BCUT2D eigenvalue weighted by Gasteiger charge is -2.46. The van der Waals surface area contributed by atoms with Gasteiger partial charge in [-0.05, 0) is 41.7 Å². The number of rotatable bonds is 4. The molecule has 1 aromatic heterocycles. The number of aromatic amines is 1. The van der Waals surface area contributed by atoms with Gasteiger partial charge in [0, 0.05) is 23.0 Å². The molecule has 3 aromatic rings. The van der Waals surface area contributed by atoms with Crippen LogP contribution in [0, 0.1) is 5.92 Å². The minimum absolute atomic E-state index is 0.0107. The van der Waals surface area contributed by atoms with Crippen molar-refractivity contribution in [2.45, 2.75) is 44.8 Å². The Bertz CT molecular complexity index is 1150. The van der Waals surface area contributed by atoms with E-state index in [0.717, 1.165) is 33.5 Å². The molecule has 0 aliphatic carbocycles. The van der Waals surface area contributed by atoms with Crippen molar-refractivity contribution < 1.29 is 14.3 Å². The number of carbonyl (C=O) groups excluding carboxylic acids is 2. The van der Waals surface area contributed by atoms with E-state index in [-0.39, 0.29) is 17.9 Å². The number of fused-ring (bicyclic) bond motifs is 4. The SMILES string of the molecule is COc1ccc(C2c3[nH]c4ccccc4c3C[C@H]3C(=O)N[C@@H](CC(C)C)C(=O)N23)cc1. The largest absolute Gasteiger partial charge is 0.497 e. The number of H-pyrrole nitrogens is 1. The highest BCUT2D eigenvalue weighted by Gasteiger charge is 2.48. The highest BCUT2D eigenvalue weighted by atomic mass is 16.5. The third kappa shape index (κ3) is 3.17. The van der Waals surface area contributed by atoms with Crippen LogP contribution in [0.3, 0.4) is 0 Å². The normalized spacial score (nSPS) is 23.0. The zero-order valence-corrected chi connectivity index (χ0v) is 18.0. The summed E-state index contributed by atoms with van der Waals surface area (Å²) in [6, 6.07) is 14.5. The van der Waals surface area contributed by atoms with E-state index in [9.17, 15) is 9.59 Å². The number of piperazine rings is 1. The second-order valence-electron chi connectivity index (χ2n) is 8.89. The Morgan fingerprint density at radius 1 is 1.10 bits per heavy atom. The maximum Gasteiger partial charge on any atom is 0.246 e. The van der Waals surface area contributed by atoms with E-state index < -0.39 is 12.1 Å². The first-order valence-corrected chi connectivity index (χ1v) is 10.8. The first-order chi connectivity index (χ1) is 15.0. The second-order valence-corrected chi connectivity index (χ2v) is 8.89. The molecular weight excluding hydrogens is 390 g/mol. The Kier molecular flexibility index (Phi) is 4.73. The third-order valence-electron chi connectivity index (χ3n) is 6.44. The minimum Gasteiger partial charge on any atom is -0.497 e. The van der Waals surface area contributed by atoms with E-state index in [1.54, 1.807) is 7.11 Å². The van der Waals surface area contributed by atoms with Crippen LogP contribution < -0.4 is 10.1 Å². The number of carbonyl (C=O) groups is 2. The Labute approximate surface area is 181 Å². The monoisotopic (exact) mass is 417 g/mol. The van der Waals surface area contributed by atoms with Crippen LogP contribution >= 0.6 is 0 Å². The number of para-hydroxylation sites is 1. The molecule has 3 atom stereocenters. The molecule has 2 aliphatic heterocycles. The lowest BCUT2D eigenvalue weighted by atomic mass is 9.84. The van der Waals surface area contributed by atoms with E-state index in [1.807, 2.05) is 47.4 Å². The van der Waals surface area contributed by atoms with Crippen LogP contribution in [-0.2, 0) is 16.0 Å². The number of amides is 2. The van der Waals surface area contributed by atoms with Crippen molar-refractivity contribution in [3.8, 4) is 5.75 Å². The van der Waals surface area contributed by atoms with E-state index >= 15 is 0 Å². The summed E-state index contributed by atoms with van der Waals surface area (Å²) in [4.78, 5) is 32.2. The van der Waals surface area contributed by atoms with Gasteiger partial charge in [0.25, 0.3) is 0 Å². The Hall–Kier alpha value is -3.28. The summed E-state index contributed by atoms with van der Waals surface area (Å²) < 4.78 is 5.33. The summed E-state index contributed by atoms with van der Waals surface area (Å²) in [6.45, 7) is 4.14. The van der Waals surface area contributed by atoms with Crippen molar-refractivity contribution in [3.05, 3.63) is 65.4 Å². The van der Waals surface area contributed by atoms with Crippen LogP contribution in [0.1, 0.15) is 43.1 Å². The van der Waals surface area contributed by atoms with Gasteiger partial charge in [-0.1, -0.05) is 44.2 Å². The van der Waals surface area contributed by atoms with Gasteiger partial charge in [0.05, 0.1) is 13.2 Å². The van der Waals surface area contributed by atoms with Crippen molar-refractivity contribution in [2.75, 3.05) is 7.11 Å². The minimum atomic E-state index is -0.519. The molecule has 5 rings (SSSR count). The lowest BCUT2D eigenvalue weighted by molar-refractivity contribution is -0.152. The van der Waals surface area contributed by atoms with Crippen LogP contribution in [0.15, 0.2) is 48.5 Å². The van der Waals surface area contributed by atoms with Gasteiger partial charge in [0.1, 0.15) is 17.8 Å². The predicted molar refractivity (Wildman–Crippen MR) is 119 cm³/mol. The van der Waals surface area contributed by atoms with Crippen LogP contribution in [0.5, 0.6) is 5.75 Å². The van der Waals surface area contributed by atoms with Gasteiger partial charge >= 0.3 is 0 Å². The number of aromatic nitrogens is 1. The predicted octanol–water partition coefficient (Wildman–Crippen LogP) is 3.56. The molecular formula is C25H27N3O3. The number of nitrogens with zero attached hydrogens (tertiary/aromatic N) is 1. The summed E-state index contributed by atoms with van der Waals surface area (Å²) in [5, 5.41) is 4.11. The van der Waals surface area contributed by atoms with Gasteiger partial charge in [-0.15, -0.1) is 0 Å². The van der Waals surface area contributed by atoms with E-state index in [1.165, 1.54) is 0 Å². The van der Waals surface area contributed by atoms with E-state index in [4.69, 9.17) is 4.74 Å². The molecule has 0 saturated carbocycles. The molecule has 0 spiro atoms. The molecule has 2 amide bonds. The number of ether oxygens (including phenoxy) is 1. The highest BCUT2D eigenvalue weighted by molar-refractivity contribution is 5.99. The molecule has 0 radical (unpaired) electrons. The molecule has 0 bridgehead atoms. The van der Waals surface area contributed by atoms with Gasteiger partial charge in [0.2, 0.25) is 11.8 Å². The first-order valence-electron chi connectivity index (χ1n) is 10.8. The molecule has 2 N–H and O–H groups in total. The molecule has 1 fully saturated rings. The smallest absolute Gasteiger partial charge is 0.246 e. The highest BCUT2D eigenvalue weighted by Crippen LogP contribution is 2.42. The maximum atomic E-state index is 13.6. The quantitative estimate of drug-likeness (QED) is 0.682. The average Bonchev–Trinajstić information content (AvgIpc) is 3.14. The number of nitrogens with one attached hydrogen (secondary N) is 2. The zero-order chi connectivity index (χ0) is 21.7. The molecule has 2 aromatic carbocycles. The molecule has 3 heterocycles. The van der Waals surface area contributed by atoms with Crippen molar-refractivity contribution in [3.63, 3.8) is 0 Å². The van der Waals surface area contributed by atoms with Gasteiger partial charge < -0.3 is 19.9 Å². The summed E-state index contributed by atoms with van der Waals surface area (Å²) in [7, 11) is 1.64. The van der Waals surface area contributed by atoms with Crippen LogP contribution in [0.2, 0.25) is 0 Å². The second kappa shape index (κ2) is 7.45. The van der Waals surface area contributed by atoms with Gasteiger partial charge in [-0.2, -0.15) is 0 Å². The number of benzene rings is 2. The zero-order valence-electron chi connectivity index (χ0n) is 18.0. The van der Waals surface area contributed by atoms with Gasteiger partial charge in [-0.3, -0.25) is 9.59 Å². The molecule has 31 heavy (non-hydrogen) atoms. The van der Waals surface area contributed by atoms with E-state index in [0.29, 0.717) is 18.8 Å². The molecule has 160 valence electrons. The van der Waals surface area contributed by atoms with Crippen LogP contribution in [-0.4, -0.2) is 40.9 Å². The molecule has 6 heteroatoms. The lowest BCUT2D eigenvalue weighted by Crippen LogP contribution is -2.66. The number of hydrogen-bond acceptors (Lipinski definition) is 3. The number of hydrogen-bond donors (Lipinski definition) is 2. The summed E-state index contributed by atoms with van der Waals surface area (Å²) in [6.07, 6.45) is 1.14. The maximum absolute atomic E-state index is 13.6. The van der Waals surface area contributed by atoms with Crippen molar-refractivity contribution in [2.24, 2.45) is 5.92 Å². The Morgan fingerprint density at radius 3 is 2.55 bits per heavy atom. The fraction of sp³-hybridized carbons (Fsp3) is 0.360. The number of methoxy groups -OCH3 is 1. The topological polar surface area (TPSA) is 74.4 Å². The Morgan fingerprint density at radius 2 is 1.84 bits per heavy atom. The molecule has 1 unspecified atom stereocenters. The van der Waals surface area contributed by atoms with Gasteiger partial charge in [0.15, 0.2) is 0 Å². The Balaban J connectivity index is 1.68. The fourth-order valence-electron chi connectivity index (χ4n) is 5.04. The van der Waals surface area contributed by atoms with Crippen molar-refractivity contribution in [1.82, 2.24) is 15.2 Å². The van der Waals surface area contributed by atoms with Crippen molar-refractivity contribution >= 4 is 22.7 Å². The molecule has 2 aliphatic rings. The standard InChI is InChI=1S/C25H27N3O3/c1-14(2)12-20-25(30)28-21(24(29)27-20)13-18-17-6-4-5-7-19(17)26-22(18)23(28)15-8-10-16(31-3)11-9-15/h4-11,14,20-21,23,26H,12-13H2,1-3H3,(H,27,29)/t20-,21-,23?/m0/s1. The summed E-state index contributed by atoms with van der Waals surface area (Å²) >= 11 is 0. The van der Waals surface area contributed by atoms with Crippen LogP contribution in [0.4, 0.5) is 0 Å². The molecule has 6 nitrogen and oxygen atoms in total.